The third-order valence-electron chi connectivity index (χ3n) is 7.11. The number of carbonyl (C=O) groups is 2. The molecule has 196 valence electrons. The number of anilines is 1. The minimum Gasteiger partial charge on any atom is -0.361 e. The number of benzene rings is 3. The number of urea groups is 1. The molecule has 1 fully saturated rings. The fraction of sp³-hybridized carbons (Fsp3) is 0.290. The van der Waals surface area contributed by atoms with Gasteiger partial charge in [0.1, 0.15) is 12.4 Å². The molecule has 0 spiro atoms. The van der Waals surface area contributed by atoms with Crippen LogP contribution in [0.15, 0.2) is 79.0 Å². The van der Waals surface area contributed by atoms with E-state index in [-0.39, 0.29) is 30.3 Å². The normalized spacial score (nSPS) is 12.9. The monoisotopic (exact) mass is 512 g/mol. The molecule has 1 saturated carbocycles. The molecule has 1 aliphatic carbocycles. The molecule has 0 aliphatic heterocycles. The first-order chi connectivity index (χ1) is 18.5. The summed E-state index contributed by atoms with van der Waals surface area (Å²) in [5.74, 6) is -0.437. The van der Waals surface area contributed by atoms with Crippen molar-refractivity contribution >= 4 is 28.5 Å². The van der Waals surface area contributed by atoms with Gasteiger partial charge in [0.15, 0.2) is 0 Å². The number of aryl methyl sites for hydroxylation is 1. The predicted octanol–water partition coefficient (Wildman–Crippen LogP) is 6.14. The average molecular weight is 513 g/mol. The minimum absolute atomic E-state index is 0.000945. The van der Waals surface area contributed by atoms with Gasteiger partial charge >= 0.3 is 6.03 Å². The summed E-state index contributed by atoms with van der Waals surface area (Å²) >= 11 is 0. The Hall–Kier alpha value is -4.13. The van der Waals surface area contributed by atoms with Crippen molar-refractivity contribution in [1.82, 2.24) is 14.8 Å². The van der Waals surface area contributed by atoms with Crippen molar-refractivity contribution in [3.05, 3.63) is 102 Å². The Bertz CT molecular complexity index is 1410. The molecule has 0 saturated heterocycles. The van der Waals surface area contributed by atoms with Crippen LogP contribution < -0.4 is 5.32 Å². The summed E-state index contributed by atoms with van der Waals surface area (Å²) in [6, 6.07) is 21.9. The van der Waals surface area contributed by atoms with Gasteiger partial charge in [0.2, 0.25) is 5.91 Å². The van der Waals surface area contributed by atoms with Gasteiger partial charge in [-0.1, -0.05) is 49.4 Å². The van der Waals surface area contributed by atoms with Gasteiger partial charge in [-0.25, -0.2) is 9.18 Å². The van der Waals surface area contributed by atoms with E-state index >= 15 is 0 Å². The van der Waals surface area contributed by atoms with E-state index in [1.54, 1.807) is 21.9 Å². The van der Waals surface area contributed by atoms with Crippen molar-refractivity contribution in [3.8, 4) is 0 Å². The number of aromatic amines is 1. The Kier molecular flexibility index (Phi) is 7.73. The van der Waals surface area contributed by atoms with Crippen LogP contribution in [0.4, 0.5) is 14.9 Å². The quantitative estimate of drug-likeness (QED) is 0.268. The molecule has 0 unspecified atom stereocenters. The van der Waals surface area contributed by atoms with E-state index in [9.17, 15) is 14.0 Å². The molecule has 1 heterocycles. The lowest BCUT2D eigenvalue weighted by Crippen LogP contribution is -2.45. The van der Waals surface area contributed by atoms with Gasteiger partial charge in [-0.2, -0.15) is 0 Å². The lowest BCUT2D eigenvalue weighted by atomic mass is 10.1. The van der Waals surface area contributed by atoms with E-state index in [2.05, 4.69) is 23.3 Å². The molecule has 0 bridgehead atoms. The molecule has 2 N–H and O–H groups in total. The number of para-hydroxylation sites is 1. The van der Waals surface area contributed by atoms with Crippen molar-refractivity contribution < 1.29 is 14.0 Å². The molecule has 7 heteroatoms. The first-order valence-electron chi connectivity index (χ1n) is 13.2. The fourth-order valence-corrected chi connectivity index (χ4v) is 4.76. The molecular weight excluding hydrogens is 479 g/mol. The second-order valence-corrected chi connectivity index (χ2v) is 9.89. The number of hydrogen-bond acceptors (Lipinski definition) is 2. The molecule has 38 heavy (non-hydrogen) atoms. The van der Waals surface area contributed by atoms with E-state index < -0.39 is 0 Å². The summed E-state index contributed by atoms with van der Waals surface area (Å²) in [5.41, 5.74) is 4.90. The summed E-state index contributed by atoms with van der Waals surface area (Å²) < 4.78 is 13.5. The summed E-state index contributed by atoms with van der Waals surface area (Å²) in [4.78, 5) is 33.6. The van der Waals surface area contributed by atoms with Crippen LogP contribution in [0.5, 0.6) is 0 Å². The van der Waals surface area contributed by atoms with Crippen LogP contribution >= 0.6 is 0 Å². The number of H-pyrrole nitrogens is 1. The van der Waals surface area contributed by atoms with Crippen LogP contribution in [0.25, 0.3) is 10.9 Å². The van der Waals surface area contributed by atoms with Gasteiger partial charge in [0, 0.05) is 41.9 Å². The highest BCUT2D eigenvalue weighted by molar-refractivity contribution is 5.93. The average Bonchev–Trinajstić information content (AvgIpc) is 3.70. The number of nitrogens with one attached hydrogen (secondary N) is 2. The number of carbonyl (C=O) groups excluding carboxylic acids is 2. The summed E-state index contributed by atoms with van der Waals surface area (Å²) in [6.07, 6.45) is 5.31. The molecule has 0 atom stereocenters. The predicted molar refractivity (Wildman–Crippen MR) is 148 cm³/mol. The minimum atomic E-state index is -0.311. The Balaban J connectivity index is 1.31. The first kappa shape index (κ1) is 25.5. The van der Waals surface area contributed by atoms with Gasteiger partial charge < -0.3 is 20.1 Å². The van der Waals surface area contributed by atoms with Crippen LogP contribution in [0.1, 0.15) is 36.5 Å². The Labute approximate surface area is 222 Å². The van der Waals surface area contributed by atoms with Crippen molar-refractivity contribution in [2.75, 3.05) is 18.4 Å². The molecule has 0 radical (unpaired) electrons. The van der Waals surface area contributed by atoms with Crippen molar-refractivity contribution in [3.63, 3.8) is 0 Å². The zero-order valence-corrected chi connectivity index (χ0v) is 21.6. The van der Waals surface area contributed by atoms with E-state index in [0.717, 1.165) is 52.5 Å². The van der Waals surface area contributed by atoms with Gasteiger partial charge in [0.05, 0.1) is 0 Å². The summed E-state index contributed by atoms with van der Waals surface area (Å²) in [7, 11) is 0. The van der Waals surface area contributed by atoms with E-state index in [4.69, 9.17) is 0 Å². The maximum Gasteiger partial charge on any atom is 0.322 e. The van der Waals surface area contributed by atoms with Gasteiger partial charge in [-0.05, 0) is 72.7 Å². The molecule has 6 nitrogen and oxygen atoms in total. The largest absolute Gasteiger partial charge is 0.361 e. The maximum absolute atomic E-state index is 13.7. The zero-order chi connectivity index (χ0) is 26.5. The first-order valence-corrected chi connectivity index (χ1v) is 13.2. The molecule has 1 aliphatic rings. The highest BCUT2D eigenvalue weighted by atomic mass is 19.1. The van der Waals surface area contributed by atoms with Gasteiger partial charge in [-0.15, -0.1) is 0 Å². The molecule has 3 aromatic carbocycles. The maximum atomic E-state index is 13.7. The fourth-order valence-electron chi connectivity index (χ4n) is 4.76. The SMILES string of the molecule is CCc1cccc(NC(=O)N(CC(=O)N(CCc2c[nH]c3ccccc23)Cc2ccc(F)cc2)C2CC2)c1. The highest BCUT2D eigenvalue weighted by Crippen LogP contribution is 2.28. The van der Waals surface area contributed by atoms with Crippen LogP contribution in [0, 0.1) is 5.82 Å². The molecule has 4 aromatic rings. The second-order valence-electron chi connectivity index (χ2n) is 9.89. The third kappa shape index (κ3) is 6.22. The van der Waals surface area contributed by atoms with Crippen molar-refractivity contribution in [1.29, 1.82) is 0 Å². The van der Waals surface area contributed by atoms with Gasteiger partial charge in [-0.3, -0.25) is 4.79 Å². The van der Waals surface area contributed by atoms with Crippen LogP contribution in [0.3, 0.4) is 0 Å². The molecular formula is C31H33FN4O2. The summed E-state index contributed by atoms with van der Waals surface area (Å²) in [6.45, 7) is 2.90. The summed E-state index contributed by atoms with van der Waals surface area (Å²) in [5, 5.41) is 4.12. The third-order valence-corrected chi connectivity index (χ3v) is 7.11. The molecule has 1 aromatic heterocycles. The standard InChI is InChI=1S/C31H33FN4O2/c1-2-22-6-5-7-26(18-22)34-31(38)36(27-14-15-27)21-30(37)35(20-23-10-12-25(32)13-11-23)17-16-24-19-33-29-9-4-3-8-28(24)29/h3-13,18-19,27,33H,2,14-17,20-21H2,1H3,(H,34,38). The Morgan fingerprint density at radius 1 is 1.00 bits per heavy atom. The van der Waals surface area contributed by atoms with E-state index in [1.807, 2.05) is 48.7 Å². The topological polar surface area (TPSA) is 68.4 Å². The Morgan fingerprint density at radius 2 is 1.79 bits per heavy atom. The lowest BCUT2D eigenvalue weighted by molar-refractivity contribution is -0.132. The van der Waals surface area contributed by atoms with Gasteiger partial charge in [0.25, 0.3) is 0 Å². The lowest BCUT2D eigenvalue weighted by Gasteiger charge is -2.28. The number of halogens is 1. The number of amides is 3. The van der Waals surface area contributed by atoms with E-state index in [1.165, 1.54) is 12.1 Å². The van der Waals surface area contributed by atoms with Crippen molar-refractivity contribution in [2.24, 2.45) is 0 Å². The highest BCUT2D eigenvalue weighted by Gasteiger charge is 2.35. The molecule has 3 amide bonds. The molecule has 5 rings (SSSR count). The number of nitrogens with zero attached hydrogens (tertiary/aromatic N) is 2. The smallest absolute Gasteiger partial charge is 0.322 e. The van der Waals surface area contributed by atoms with Crippen molar-refractivity contribution in [2.45, 2.75) is 45.2 Å². The van der Waals surface area contributed by atoms with E-state index in [0.29, 0.717) is 19.5 Å². The van der Waals surface area contributed by atoms with Crippen LogP contribution in [-0.4, -0.2) is 45.9 Å². The number of aromatic nitrogens is 1. The number of fused-ring (bicyclic) bond motifs is 1. The second kappa shape index (κ2) is 11.5. The van der Waals surface area contributed by atoms with Crippen LogP contribution in [0.2, 0.25) is 0 Å². The Morgan fingerprint density at radius 3 is 2.55 bits per heavy atom. The number of rotatable bonds is 10. The zero-order valence-electron chi connectivity index (χ0n) is 21.6. The number of hydrogen-bond donors (Lipinski definition) is 2. The van der Waals surface area contributed by atoms with Crippen LogP contribution in [-0.2, 0) is 24.2 Å².